The number of benzene rings is 2. The quantitative estimate of drug-likeness (QED) is 0.0502. The summed E-state index contributed by atoms with van der Waals surface area (Å²) in [6.45, 7) is 24.8. The van der Waals surface area contributed by atoms with Crippen LogP contribution in [0.3, 0.4) is 0 Å². The van der Waals surface area contributed by atoms with Gasteiger partial charge in [-0.1, -0.05) is 38.1 Å². The molecule has 0 aromatic heterocycles. The molecule has 0 spiro atoms. The summed E-state index contributed by atoms with van der Waals surface area (Å²) in [6, 6.07) is 10.5. The highest BCUT2D eigenvalue weighted by atomic mass is 16.6. The molecule has 2 aromatic carbocycles. The third kappa shape index (κ3) is 17.2. The number of esters is 12. The third-order valence-electron chi connectivity index (χ3n) is 38.2. The lowest BCUT2D eigenvalue weighted by Crippen LogP contribution is -2.61. The Kier molecular flexibility index (Phi) is 24.2. The first-order valence-corrected chi connectivity index (χ1v) is 50.3. The zero-order chi connectivity index (χ0) is 93.3. The molecule has 2 aromatic rings. The molecule has 16 saturated carbocycles. The molecule has 1 N–H and O–H groups in total. The summed E-state index contributed by atoms with van der Waals surface area (Å²) in [5, 5.41) is 12.0. The van der Waals surface area contributed by atoms with Crippen LogP contribution in [0, 0.1) is 138 Å². The SMILES string of the molecule is CCC(C)(CC(C)(CC(C)(CC(C)(CC(C)(CC(C)(CC(C)(CC(C)(CC(C)c1ccc2cc(O)ccc2c1)C(=O)OC1CCOC1=O)C(=O)OC1CCOC1=O)C(=O)OC1CCOC1=O)C(=O)OC1CCOC1=O)C(=O)OC1(C)C2CC3CC(C2)CC1C3)C(=O)OC1(C)C2CC3CC(C2)CC1C3)C(=O)OC1(C)C2CC3CC(C2)CC1C3)C(=O)OC1(C)C2CC3CC(C2)CC1C3. The minimum absolute atomic E-state index is 0.00895. The van der Waals surface area contributed by atoms with E-state index in [-0.39, 0.29) is 131 Å². The van der Waals surface area contributed by atoms with Crippen LogP contribution in [0.1, 0.15) is 320 Å². The first-order valence-electron chi connectivity index (χ1n) is 50.3. The van der Waals surface area contributed by atoms with Crippen molar-refractivity contribution in [1.29, 1.82) is 0 Å². The molecular weight excluding hydrogens is 1670 g/mol. The van der Waals surface area contributed by atoms with Crippen LogP contribution in [0.5, 0.6) is 5.75 Å². The fourth-order valence-electron chi connectivity index (χ4n) is 32.1. The summed E-state index contributed by atoms with van der Waals surface area (Å²) in [4.78, 5) is 190. The van der Waals surface area contributed by atoms with Gasteiger partial charge < -0.3 is 61.9 Å². The van der Waals surface area contributed by atoms with E-state index in [1.165, 1.54) is 27.2 Å². The number of carbonyl (C=O) groups excluding carboxylic acids is 12. The Morgan fingerprint density at radius 3 is 0.802 bits per heavy atom. The first kappa shape index (κ1) is 93.5. The number of fused-ring (bicyclic) bond motifs is 1. The molecule has 16 bridgehead atoms. The maximum Gasteiger partial charge on any atom is 0.347 e. The first-order chi connectivity index (χ1) is 61.6. The van der Waals surface area contributed by atoms with Gasteiger partial charge in [0.05, 0.1) is 69.7 Å². The Morgan fingerprint density at radius 1 is 0.328 bits per heavy atom. The summed E-state index contributed by atoms with van der Waals surface area (Å²) in [7, 11) is 0. The Bertz CT molecular complexity index is 4770. The molecule has 4 heterocycles. The zero-order valence-electron chi connectivity index (χ0n) is 80.0. The van der Waals surface area contributed by atoms with Crippen LogP contribution in [0.15, 0.2) is 36.4 Å². The monoisotopic (exact) mass is 1820 g/mol. The number of carbonyl (C=O) groups is 12. The molecule has 22 rings (SSSR count). The van der Waals surface area contributed by atoms with Crippen molar-refractivity contribution >= 4 is 82.4 Å². The van der Waals surface area contributed by atoms with Gasteiger partial charge in [0.25, 0.3) is 0 Å². The van der Waals surface area contributed by atoms with Crippen LogP contribution < -0.4 is 0 Å². The number of ether oxygens (including phenoxy) is 12. The second-order valence-electron chi connectivity index (χ2n) is 48.9. The van der Waals surface area contributed by atoms with Crippen molar-refractivity contribution in [1.82, 2.24) is 0 Å². The minimum Gasteiger partial charge on any atom is -0.508 e. The predicted octanol–water partition coefficient (Wildman–Crippen LogP) is 17.7. The second kappa shape index (κ2) is 33.8. The van der Waals surface area contributed by atoms with Crippen molar-refractivity contribution in [2.75, 3.05) is 26.4 Å². The highest BCUT2D eigenvalue weighted by Crippen LogP contribution is 2.67. The molecule has 4 aliphatic heterocycles. The number of cyclic esters (lactones) is 4. The molecule has 13 atom stereocenters. The number of phenols is 1. The molecule has 0 radical (unpaired) electrons. The normalized spacial score (nSPS) is 39.2. The van der Waals surface area contributed by atoms with E-state index in [2.05, 4.69) is 20.8 Å². The van der Waals surface area contributed by atoms with Gasteiger partial charge in [-0.2, -0.15) is 0 Å². The summed E-state index contributed by atoms with van der Waals surface area (Å²) < 4.78 is 76.9. The van der Waals surface area contributed by atoms with Gasteiger partial charge in [0.1, 0.15) is 28.2 Å². The summed E-state index contributed by atoms with van der Waals surface area (Å²) in [5.41, 5.74) is -19.2. The van der Waals surface area contributed by atoms with Crippen LogP contribution in [0.4, 0.5) is 0 Å². The molecule has 4 saturated heterocycles. The van der Waals surface area contributed by atoms with E-state index in [0.29, 0.717) is 47.3 Å². The van der Waals surface area contributed by atoms with Crippen molar-refractivity contribution in [2.45, 2.75) is 362 Å². The molecule has 20 aliphatic rings. The molecule has 0 amide bonds. The largest absolute Gasteiger partial charge is 0.508 e. The third-order valence-corrected chi connectivity index (χ3v) is 38.2. The van der Waals surface area contributed by atoms with Crippen molar-refractivity contribution < 1.29 is 119 Å². The molecule has 718 valence electrons. The van der Waals surface area contributed by atoms with Crippen LogP contribution in [-0.4, -0.2) is 150 Å². The summed E-state index contributed by atoms with van der Waals surface area (Å²) in [5.74, 6) is -6.81. The van der Waals surface area contributed by atoms with E-state index in [0.717, 1.165) is 138 Å². The molecule has 25 heteroatoms. The summed E-state index contributed by atoms with van der Waals surface area (Å²) in [6.07, 6.45) is 8.58. The van der Waals surface area contributed by atoms with Gasteiger partial charge in [0, 0.05) is 25.7 Å². The maximum atomic E-state index is 17.8. The molecule has 13 unspecified atom stereocenters. The lowest BCUT2D eigenvalue weighted by Gasteiger charge is -2.60. The zero-order valence-corrected chi connectivity index (χ0v) is 80.0. The Labute approximate surface area is 771 Å². The predicted molar refractivity (Wildman–Crippen MR) is 474 cm³/mol. The van der Waals surface area contributed by atoms with Crippen molar-refractivity contribution in [3.05, 3.63) is 42.0 Å². The van der Waals surface area contributed by atoms with E-state index in [1.54, 1.807) is 39.0 Å². The lowest BCUT2D eigenvalue weighted by atomic mass is 9.50. The highest BCUT2D eigenvalue weighted by Gasteiger charge is 2.68. The number of hydrogen-bond acceptors (Lipinski definition) is 25. The van der Waals surface area contributed by atoms with Gasteiger partial charge >= 0.3 is 71.6 Å². The van der Waals surface area contributed by atoms with Gasteiger partial charge in [0.15, 0.2) is 0 Å². The van der Waals surface area contributed by atoms with E-state index in [9.17, 15) is 24.3 Å². The Hall–Kier alpha value is -7.86. The van der Waals surface area contributed by atoms with Crippen LogP contribution in [-0.2, 0) is 114 Å². The van der Waals surface area contributed by atoms with Gasteiger partial charge in [-0.3, -0.25) is 38.4 Å². The van der Waals surface area contributed by atoms with Gasteiger partial charge in [-0.05, 0) is 398 Å². The van der Waals surface area contributed by atoms with Gasteiger partial charge in [-0.25, -0.2) is 19.2 Å². The highest BCUT2D eigenvalue weighted by molar-refractivity contribution is 5.91. The Morgan fingerprint density at radius 2 is 0.550 bits per heavy atom. The van der Waals surface area contributed by atoms with Crippen molar-refractivity contribution in [3.8, 4) is 5.75 Å². The van der Waals surface area contributed by atoms with E-state index < -0.39 is 200 Å². The average Bonchev–Trinajstić information content (AvgIpc) is 0.842. The average molecular weight is 1820 g/mol. The molecule has 25 nitrogen and oxygen atoms in total. The Balaban J connectivity index is 0.787. The molecule has 20 fully saturated rings. The van der Waals surface area contributed by atoms with E-state index in [1.807, 2.05) is 52.8 Å². The minimum atomic E-state index is -2.34. The maximum absolute atomic E-state index is 17.8. The number of phenolic OH excluding ortho intramolecular Hbond substituents is 1. The topological polar surface area (TPSA) is 336 Å². The smallest absolute Gasteiger partial charge is 0.347 e. The van der Waals surface area contributed by atoms with Crippen LogP contribution in [0.2, 0.25) is 0 Å². The summed E-state index contributed by atoms with van der Waals surface area (Å²) >= 11 is 0. The van der Waals surface area contributed by atoms with Crippen LogP contribution in [0.25, 0.3) is 10.8 Å². The number of hydrogen-bond donors (Lipinski definition) is 1. The van der Waals surface area contributed by atoms with Gasteiger partial charge in [0.2, 0.25) is 24.4 Å². The second-order valence-corrected chi connectivity index (χ2v) is 48.9. The number of aromatic hydroxyl groups is 1. The lowest BCUT2D eigenvalue weighted by molar-refractivity contribution is -0.225. The van der Waals surface area contributed by atoms with E-state index >= 15 is 38.4 Å². The van der Waals surface area contributed by atoms with Crippen molar-refractivity contribution in [3.63, 3.8) is 0 Å². The van der Waals surface area contributed by atoms with Gasteiger partial charge in [-0.15, -0.1) is 0 Å². The van der Waals surface area contributed by atoms with Crippen LogP contribution >= 0.6 is 0 Å². The fourth-order valence-corrected chi connectivity index (χ4v) is 32.1. The molecule has 131 heavy (non-hydrogen) atoms. The van der Waals surface area contributed by atoms with E-state index in [4.69, 9.17) is 56.8 Å². The van der Waals surface area contributed by atoms with Crippen molar-refractivity contribution in [2.24, 2.45) is 138 Å². The number of rotatable bonds is 34. The standard InChI is InChI=1S/C106H144O25/c1-15-95(3,91(116)128-103(11)70-32-59-28-60(34-70)35-71(103)33-59)51-100(8,92(117)129-104(12)72-36-61-29-62(38-72)39-73(104)37-61)56-102(10,94(119)131-106(14)76-44-65-31-66(46-76)47-77(106)45-65)57-101(9,93(118)130-105(13)74-40-63-30-64(42-74)43-75(105)41-63)55-99(7,90(115)127-82-23-27-123-86(82)111)54-98(6,89(114)126-81-22-26-122-85(81)110)53-97(5,88(113)125-80-21-25-121-84(80)109)52-96(4,87(112)124-79-20-24-120-83(79)108)50-58(2)67-16-17-69-49-78(107)19-18-68(69)48-67/h16-19,48-49,58-66,70-77,79-82,107H,15,20-47,50-57H2,1-14H3. The fraction of sp³-hybridized carbons (Fsp3) is 0.792. The molecular formula is C106H144O25. The molecule has 16 aliphatic carbocycles.